The molecule has 0 aromatic rings. The minimum absolute atomic E-state index is 0.574. The lowest BCUT2D eigenvalue weighted by Crippen LogP contribution is -2.45. The Balaban J connectivity index is 2.34. The number of nitrogens with zero attached hydrogens (tertiary/aromatic N) is 1. The molecule has 0 aromatic heterocycles. The van der Waals surface area contributed by atoms with Crippen LogP contribution in [0.25, 0.3) is 0 Å². The second-order valence-corrected chi connectivity index (χ2v) is 11.4. The molecule has 2 saturated carbocycles. The topological polar surface area (TPSA) is 33.0 Å². The molecular formula is C16H27NOSi. The first-order valence-corrected chi connectivity index (χ1v) is 11.2. The lowest BCUT2D eigenvalue weighted by Gasteiger charge is -2.40. The van der Waals surface area contributed by atoms with Gasteiger partial charge in [-0.1, -0.05) is 12.0 Å². The third-order valence-corrected chi connectivity index (χ3v) is 5.20. The zero-order chi connectivity index (χ0) is 13.9. The maximum Gasteiger partial charge on any atom is 0.186 e. The van der Waals surface area contributed by atoms with Crippen molar-refractivity contribution in [2.75, 3.05) is 0 Å². The summed E-state index contributed by atoms with van der Waals surface area (Å²) in [6, 6.07) is 2.58. The van der Waals surface area contributed by atoms with Gasteiger partial charge in [-0.25, -0.2) is 0 Å². The molecule has 2 aliphatic carbocycles. The van der Waals surface area contributed by atoms with E-state index in [0.29, 0.717) is 0 Å². The molecule has 19 heavy (non-hydrogen) atoms. The highest BCUT2D eigenvalue weighted by Gasteiger charge is 2.42. The molecule has 0 aromatic carbocycles. The van der Waals surface area contributed by atoms with Gasteiger partial charge in [0.1, 0.15) is 6.07 Å². The molecule has 0 N–H and O–H groups in total. The summed E-state index contributed by atoms with van der Waals surface area (Å²) in [6.07, 6.45) is 10.7. The standard InChI is InChI=1S/C16H27NOSi/c1-19(2,3)18-16(13-17)12-8-7-11-15(16)14-9-5-4-6-10-14/h4-12H2,1-3H3/t16-/m0/s1. The van der Waals surface area contributed by atoms with Crippen molar-refractivity contribution in [3.8, 4) is 6.07 Å². The molecule has 1 atom stereocenters. The van der Waals surface area contributed by atoms with E-state index in [1.54, 1.807) is 5.57 Å². The second-order valence-electron chi connectivity index (χ2n) is 7.00. The number of hydrogen-bond donors (Lipinski definition) is 0. The predicted molar refractivity (Wildman–Crippen MR) is 81.4 cm³/mol. The molecule has 106 valence electrons. The summed E-state index contributed by atoms with van der Waals surface area (Å²) >= 11 is 0. The summed E-state index contributed by atoms with van der Waals surface area (Å²) in [7, 11) is -1.70. The van der Waals surface area contributed by atoms with Crippen LogP contribution in [0, 0.1) is 11.3 Å². The fraction of sp³-hybridized carbons (Fsp3) is 0.812. The first-order chi connectivity index (χ1) is 8.97. The summed E-state index contributed by atoms with van der Waals surface area (Å²) in [5, 5.41) is 9.82. The van der Waals surface area contributed by atoms with Gasteiger partial charge in [0, 0.05) is 0 Å². The van der Waals surface area contributed by atoms with Crippen molar-refractivity contribution in [1.82, 2.24) is 0 Å². The van der Waals surface area contributed by atoms with Gasteiger partial charge in [-0.2, -0.15) is 5.26 Å². The van der Waals surface area contributed by atoms with E-state index < -0.39 is 13.9 Å². The third-order valence-electron chi connectivity index (χ3n) is 4.24. The van der Waals surface area contributed by atoms with Crippen molar-refractivity contribution in [1.29, 1.82) is 5.26 Å². The monoisotopic (exact) mass is 277 g/mol. The highest BCUT2D eigenvalue weighted by molar-refractivity contribution is 6.69. The van der Waals surface area contributed by atoms with Gasteiger partial charge in [0.15, 0.2) is 13.9 Å². The summed E-state index contributed by atoms with van der Waals surface area (Å²) in [5.41, 5.74) is 2.36. The van der Waals surface area contributed by atoms with Crippen molar-refractivity contribution in [2.45, 2.75) is 83.0 Å². The fourth-order valence-corrected chi connectivity index (χ4v) is 4.87. The van der Waals surface area contributed by atoms with Crippen molar-refractivity contribution in [3.05, 3.63) is 11.1 Å². The minimum Gasteiger partial charge on any atom is -0.397 e. The van der Waals surface area contributed by atoms with E-state index in [0.717, 1.165) is 19.3 Å². The first kappa shape index (κ1) is 14.8. The summed E-state index contributed by atoms with van der Waals surface area (Å²) in [4.78, 5) is 0. The maximum absolute atomic E-state index is 9.82. The van der Waals surface area contributed by atoms with Gasteiger partial charge < -0.3 is 4.43 Å². The molecule has 0 unspecified atom stereocenters. The second kappa shape index (κ2) is 5.81. The SMILES string of the molecule is C[Si](C)(C)O[C@]1(C#N)CCCCC1=C1CCCCC1. The van der Waals surface area contributed by atoms with Crippen LogP contribution >= 0.6 is 0 Å². The average molecular weight is 277 g/mol. The largest absolute Gasteiger partial charge is 0.397 e. The molecule has 0 amide bonds. The van der Waals surface area contributed by atoms with Gasteiger partial charge in [-0.3, -0.25) is 0 Å². The summed E-state index contributed by atoms with van der Waals surface area (Å²) in [5.74, 6) is 0. The van der Waals surface area contributed by atoms with E-state index in [1.165, 1.54) is 44.1 Å². The molecule has 2 rings (SSSR count). The van der Waals surface area contributed by atoms with E-state index >= 15 is 0 Å². The van der Waals surface area contributed by atoms with Crippen molar-refractivity contribution >= 4 is 8.32 Å². The Morgan fingerprint density at radius 1 is 1.00 bits per heavy atom. The van der Waals surface area contributed by atoms with E-state index in [2.05, 4.69) is 25.7 Å². The zero-order valence-electron chi connectivity index (χ0n) is 12.7. The average Bonchev–Trinajstić information content (AvgIpc) is 2.38. The third kappa shape index (κ3) is 3.49. The number of rotatable bonds is 2. The Hall–Kier alpha value is -0.593. The van der Waals surface area contributed by atoms with Gasteiger partial charge >= 0.3 is 0 Å². The fourth-order valence-electron chi connectivity index (χ4n) is 3.55. The normalized spacial score (nSPS) is 29.2. The van der Waals surface area contributed by atoms with Gasteiger partial charge in [0.25, 0.3) is 0 Å². The van der Waals surface area contributed by atoms with Crippen molar-refractivity contribution in [3.63, 3.8) is 0 Å². The van der Waals surface area contributed by atoms with E-state index in [-0.39, 0.29) is 0 Å². The molecular weight excluding hydrogens is 250 g/mol. The van der Waals surface area contributed by atoms with Gasteiger partial charge in [-0.15, -0.1) is 0 Å². The predicted octanol–water partition coefficient (Wildman–Crippen LogP) is 4.93. The van der Waals surface area contributed by atoms with Crippen LogP contribution in [0.15, 0.2) is 11.1 Å². The number of nitriles is 1. The van der Waals surface area contributed by atoms with Gasteiger partial charge in [-0.05, 0) is 76.6 Å². The highest BCUT2D eigenvalue weighted by atomic mass is 28.4. The first-order valence-electron chi connectivity index (χ1n) is 7.80. The lowest BCUT2D eigenvalue weighted by atomic mass is 9.75. The molecule has 0 heterocycles. The molecule has 0 radical (unpaired) electrons. The number of allylic oxidation sites excluding steroid dienone is 1. The van der Waals surface area contributed by atoms with E-state index in [4.69, 9.17) is 4.43 Å². The van der Waals surface area contributed by atoms with Gasteiger partial charge in [0.05, 0.1) is 0 Å². The van der Waals surface area contributed by atoms with Crippen LogP contribution in [-0.2, 0) is 4.43 Å². The Labute approximate surface area is 119 Å². The quantitative estimate of drug-likeness (QED) is 0.529. The Bertz CT molecular complexity index is 394. The van der Waals surface area contributed by atoms with Gasteiger partial charge in [0.2, 0.25) is 0 Å². The van der Waals surface area contributed by atoms with Crippen LogP contribution in [0.4, 0.5) is 0 Å². The van der Waals surface area contributed by atoms with E-state index in [1.807, 2.05) is 0 Å². The number of hydrogen-bond acceptors (Lipinski definition) is 2. The molecule has 2 nitrogen and oxygen atoms in total. The molecule has 2 aliphatic rings. The van der Waals surface area contributed by atoms with Crippen LogP contribution in [0.1, 0.15) is 57.8 Å². The highest BCUT2D eigenvalue weighted by Crippen LogP contribution is 2.42. The Kier molecular flexibility index (Phi) is 4.53. The summed E-state index contributed by atoms with van der Waals surface area (Å²) < 4.78 is 6.40. The van der Waals surface area contributed by atoms with Crippen LogP contribution < -0.4 is 0 Å². The maximum atomic E-state index is 9.82. The zero-order valence-corrected chi connectivity index (χ0v) is 13.7. The summed E-state index contributed by atoms with van der Waals surface area (Å²) in [6.45, 7) is 6.59. The van der Waals surface area contributed by atoms with Crippen molar-refractivity contribution in [2.24, 2.45) is 0 Å². The van der Waals surface area contributed by atoms with Crippen LogP contribution in [0.3, 0.4) is 0 Å². The van der Waals surface area contributed by atoms with E-state index in [9.17, 15) is 5.26 Å². The molecule has 0 spiro atoms. The van der Waals surface area contributed by atoms with Crippen LogP contribution in [-0.4, -0.2) is 13.9 Å². The molecule has 3 heteroatoms. The van der Waals surface area contributed by atoms with Crippen molar-refractivity contribution < 1.29 is 4.43 Å². The Morgan fingerprint density at radius 2 is 1.63 bits per heavy atom. The lowest BCUT2D eigenvalue weighted by molar-refractivity contribution is 0.124. The smallest absolute Gasteiger partial charge is 0.186 e. The van der Waals surface area contributed by atoms with Crippen LogP contribution in [0.2, 0.25) is 19.6 Å². The van der Waals surface area contributed by atoms with Crippen LogP contribution in [0.5, 0.6) is 0 Å². The molecule has 0 saturated heterocycles. The minimum atomic E-state index is -1.70. The molecule has 2 fully saturated rings. The Morgan fingerprint density at radius 3 is 2.21 bits per heavy atom. The molecule has 0 bridgehead atoms. The molecule has 0 aliphatic heterocycles.